The molecule has 0 saturated carbocycles. The zero-order valence-corrected chi connectivity index (χ0v) is 27.2. The summed E-state index contributed by atoms with van der Waals surface area (Å²) in [5, 5.41) is 2.48. The van der Waals surface area contributed by atoms with Crippen molar-refractivity contribution >= 4 is 38.5 Å². The maximum Gasteiger partial charge on any atom is 0.201 e. The van der Waals surface area contributed by atoms with Crippen LogP contribution in [0.1, 0.15) is 36.0 Å². The number of hydrogen-bond acceptors (Lipinski definition) is 3. The summed E-state index contributed by atoms with van der Waals surface area (Å²) in [6.45, 7) is 4.41. The van der Waals surface area contributed by atoms with Gasteiger partial charge in [-0.1, -0.05) is 68.1 Å². The number of halogens is 1. The van der Waals surface area contributed by atoms with Gasteiger partial charge >= 0.3 is 0 Å². The van der Waals surface area contributed by atoms with Gasteiger partial charge in [0, 0.05) is 47.4 Å². The second kappa shape index (κ2) is 12.0. The summed E-state index contributed by atoms with van der Waals surface area (Å²) in [5.74, 6) is -0.232. The van der Waals surface area contributed by atoms with Crippen LogP contribution in [0.3, 0.4) is 0 Å². The number of hydrogen-bond donors (Lipinski definition) is 0. The van der Waals surface area contributed by atoms with E-state index in [-0.39, 0.29) is 36.9 Å². The van der Waals surface area contributed by atoms with Crippen LogP contribution in [0.15, 0.2) is 114 Å². The number of aryl methyl sites for hydroxylation is 1. The normalized spacial score (nSPS) is 12.8. The first kappa shape index (κ1) is 26.7. The Kier molecular flexibility index (Phi) is 7.15. The number of pyridine rings is 3. The molecule has 0 bridgehead atoms. The van der Waals surface area contributed by atoms with Crippen molar-refractivity contribution in [2.75, 3.05) is 0 Å². The fraction of sp³-hybridized carbons (Fsp3) is 0.128. The number of fused-ring (bicyclic) bond motifs is 7. The summed E-state index contributed by atoms with van der Waals surface area (Å²) < 4.78 is 45.0. The second-order valence-corrected chi connectivity index (χ2v) is 11.7. The first-order valence-electron chi connectivity index (χ1n) is 15.9. The molecule has 8 rings (SSSR count). The third-order valence-electron chi connectivity index (χ3n) is 7.76. The number of aromatic nitrogens is 3. The zero-order valence-electron chi connectivity index (χ0n) is 27.9. The Morgan fingerprint density at radius 1 is 0.756 bits per heavy atom. The van der Waals surface area contributed by atoms with Gasteiger partial charge in [0.1, 0.15) is 0 Å². The molecule has 0 atom stereocenters. The maximum atomic E-state index is 15.0. The number of nitrogens with zero attached hydrogens (tertiary/aromatic N) is 3. The van der Waals surface area contributed by atoms with Gasteiger partial charge < -0.3 is 14.4 Å². The first-order valence-corrected chi connectivity index (χ1v) is 14.4. The molecule has 0 aliphatic heterocycles. The van der Waals surface area contributed by atoms with Crippen LogP contribution < -0.4 is 0 Å². The Hall–Kier alpha value is -4.64. The van der Waals surface area contributed by atoms with Crippen LogP contribution in [0, 0.1) is 24.8 Å². The first-order chi connectivity index (χ1) is 22.5. The van der Waals surface area contributed by atoms with Gasteiger partial charge in [-0.3, -0.25) is 4.40 Å². The van der Waals surface area contributed by atoms with E-state index in [4.69, 9.17) is 13.5 Å². The molecule has 0 spiro atoms. The summed E-state index contributed by atoms with van der Waals surface area (Å²) >= 11 is 0. The predicted octanol–water partition coefficient (Wildman–Crippen LogP) is 10.1. The van der Waals surface area contributed by atoms with Crippen LogP contribution in [0.5, 0.6) is 0 Å². The van der Waals surface area contributed by atoms with Crippen molar-refractivity contribution in [2.24, 2.45) is 0 Å². The standard InChI is InChI=1S/C27H20FN2O.C12H10N.Ir/c1-27(2,3)16-11-13-21(29-15-16)19-9-6-8-17-18-12-14-23-24(28)20-7-4-5-10-22(20)30(23)26(18)31-25(17)19;1-10-7-8-12(13-9-10)11-5-3-2-4-6-11;/h4-8,10-15H,1-3H3;2-5,7-9H,1H3;/q2*-1;/i;1D3;. The minimum absolute atomic E-state index is 0. The largest absolute Gasteiger partial charge is 0.487 e. The van der Waals surface area contributed by atoms with Gasteiger partial charge in [0.2, 0.25) is 5.71 Å². The summed E-state index contributed by atoms with van der Waals surface area (Å²) in [7, 11) is 0. The second-order valence-electron chi connectivity index (χ2n) is 11.7. The number of para-hydroxylation sites is 1. The van der Waals surface area contributed by atoms with E-state index in [1.807, 2.05) is 77.3 Å². The molecule has 4 nitrogen and oxygen atoms in total. The van der Waals surface area contributed by atoms with Crippen molar-refractivity contribution in [1.29, 1.82) is 0 Å². The predicted molar refractivity (Wildman–Crippen MR) is 176 cm³/mol. The Morgan fingerprint density at radius 3 is 2.27 bits per heavy atom. The van der Waals surface area contributed by atoms with E-state index in [9.17, 15) is 0 Å². The van der Waals surface area contributed by atoms with Gasteiger partial charge in [-0.25, -0.2) is 4.39 Å². The molecular formula is C39H30FIrN3O-2. The molecule has 6 heteroatoms. The van der Waals surface area contributed by atoms with Gasteiger partial charge in [0.15, 0.2) is 5.82 Å². The molecule has 3 aromatic carbocycles. The minimum atomic E-state index is -2.09. The molecule has 5 aromatic heterocycles. The average molecular weight is 771 g/mol. The maximum absolute atomic E-state index is 15.0. The van der Waals surface area contributed by atoms with Crippen LogP contribution in [-0.4, -0.2) is 14.4 Å². The van der Waals surface area contributed by atoms with Crippen LogP contribution >= 0.6 is 0 Å². The Bertz CT molecular complexity index is 2380. The van der Waals surface area contributed by atoms with Crippen LogP contribution in [0.4, 0.5) is 4.39 Å². The van der Waals surface area contributed by atoms with Crippen molar-refractivity contribution in [1.82, 2.24) is 14.4 Å². The molecule has 0 aliphatic rings. The minimum Gasteiger partial charge on any atom is -0.487 e. The molecule has 0 amide bonds. The molecule has 0 fully saturated rings. The third kappa shape index (κ3) is 5.56. The fourth-order valence-corrected chi connectivity index (χ4v) is 5.43. The number of rotatable bonds is 2. The summed E-state index contributed by atoms with van der Waals surface area (Å²) in [5.41, 5.74) is 7.29. The Labute approximate surface area is 279 Å². The summed E-state index contributed by atoms with van der Waals surface area (Å²) in [6.07, 6.45) is 3.31. The summed E-state index contributed by atoms with van der Waals surface area (Å²) in [6, 6.07) is 36.3. The molecule has 1 radical (unpaired) electrons. The van der Waals surface area contributed by atoms with Crippen LogP contribution in [-0.2, 0) is 25.5 Å². The van der Waals surface area contributed by atoms with E-state index in [2.05, 4.69) is 44.0 Å². The van der Waals surface area contributed by atoms with E-state index in [0.717, 1.165) is 38.8 Å². The summed E-state index contributed by atoms with van der Waals surface area (Å²) in [4.78, 5) is 8.82. The quantitative estimate of drug-likeness (QED) is 0.165. The smallest absolute Gasteiger partial charge is 0.201 e. The van der Waals surface area contributed by atoms with Crippen molar-refractivity contribution < 1.29 is 33.0 Å². The van der Waals surface area contributed by atoms with Gasteiger partial charge in [-0.15, -0.1) is 54.1 Å². The molecule has 225 valence electrons. The van der Waals surface area contributed by atoms with Gasteiger partial charge in [-0.05, 0) is 59.0 Å². The molecule has 0 unspecified atom stereocenters. The van der Waals surface area contributed by atoms with E-state index in [1.165, 1.54) is 11.8 Å². The van der Waals surface area contributed by atoms with E-state index < -0.39 is 6.85 Å². The van der Waals surface area contributed by atoms with Gasteiger partial charge in [-0.2, -0.15) is 0 Å². The topological polar surface area (TPSA) is 43.3 Å². The van der Waals surface area contributed by atoms with E-state index in [1.54, 1.807) is 24.3 Å². The Morgan fingerprint density at radius 2 is 1.56 bits per heavy atom. The molecule has 0 saturated heterocycles. The van der Waals surface area contributed by atoms with Crippen molar-refractivity contribution in [2.45, 2.75) is 33.0 Å². The number of benzene rings is 3. The monoisotopic (exact) mass is 771 g/mol. The zero-order chi connectivity index (χ0) is 32.9. The van der Waals surface area contributed by atoms with Gasteiger partial charge in [0.25, 0.3) is 0 Å². The van der Waals surface area contributed by atoms with Crippen molar-refractivity contribution in [3.63, 3.8) is 0 Å². The van der Waals surface area contributed by atoms with Crippen molar-refractivity contribution in [3.05, 3.63) is 139 Å². The SMILES string of the molecule is CC(C)(C)c1ccc(-c2[c-]ccc3c2oc2c3ccc3c(F)c4ccccc4n32)nc1.[2H]C([2H])([2H])c1ccc(-c2[c-]cccc2)nc1.[Ir]. The molecule has 0 aliphatic carbocycles. The average Bonchev–Trinajstić information content (AvgIpc) is 3.60. The van der Waals surface area contributed by atoms with E-state index in [0.29, 0.717) is 22.2 Å². The molecule has 0 N–H and O–H groups in total. The van der Waals surface area contributed by atoms with E-state index >= 15 is 4.39 Å². The molecule has 45 heavy (non-hydrogen) atoms. The molecule has 5 heterocycles. The van der Waals surface area contributed by atoms with Crippen LogP contribution in [0.2, 0.25) is 0 Å². The Balaban J connectivity index is 0.000000201. The van der Waals surface area contributed by atoms with Crippen LogP contribution in [0.25, 0.3) is 61.0 Å². The fourth-order valence-electron chi connectivity index (χ4n) is 5.43. The number of furan rings is 1. The third-order valence-corrected chi connectivity index (χ3v) is 7.76. The van der Waals surface area contributed by atoms with Crippen molar-refractivity contribution in [3.8, 4) is 22.5 Å². The van der Waals surface area contributed by atoms with Gasteiger partial charge in [0.05, 0.1) is 16.6 Å². The molecule has 8 aromatic rings. The molecular weight excluding hydrogens is 738 g/mol.